The van der Waals surface area contributed by atoms with Gasteiger partial charge in [-0.2, -0.15) is 0 Å². The van der Waals surface area contributed by atoms with E-state index in [0.717, 1.165) is 38.7 Å². The maximum absolute atomic E-state index is 5.90. The molecule has 2 aliphatic heterocycles. The van der Waals surface area contributed by atoms with Crippen molar-refractivity contribution in [2.45, 2.75) is 38.8 Å². The van der Waals surface area contributed by atoms with Crippen molar-refractivity contribution in [3.63, 3.8) is 0 Å². The molecule has 2 aliphatic rings. The van der Waals surface area contributed by atoms with Gasteiger partial charge >= 0.3 is 0 Å². The number of hydrogen-bond donors (Lipinski definition) is 1. The fourth-order valence-electron chi connectivity index (χ4n) is 3.42. The number of rotatable bonds is 5. The number of morpholine rings is 1. The molecule has 1 N–H and O–H groups in total. The number of hydrogen-bond acceptors (Lipinski definition) is 4. The number of nitrogens with one attached hydrogen (secondary N) is 1. The summed E-state index contributed by atoms with van der Waals surface area (Å²) in [5.41, 5.74) is 0. The van der Waals surface area contributed by atoms with Gasteiger partial charge in [0.05, 0.1) is 12.7 Å². The van der Waals surface area contributed by atoms with Crippen LogP contribution >= 0.6 is 0 Å². The van der Waals surface area contributed by atoms with E-state index in [9.17, 15) is 0 Å². The molecule has 19 heavy (non-hydrogen) atoms. The summed E-state index contributed by atoms with van der Waals surface area (Å²) in [6, 6.07) is 0.641. The highest BCUT2D eigenvalue weighted by atomic mass is 16.5. The largest absolute Gasteiger partial charge is 0.374 e. The Morgan fingerprint density at radius 3 is 2.89 bits per heavy atom. The molecule has 2 fully saturated rings. The number of piperidine rings is 1. The Hall–Kier alpha value is -0.160. The van der Waals surface area contributed by atoms with Gasteiger partial charge in [0.15, 0.2) is 0 Å². The summed E-state index contributed by atoms with van der Waals surface area (Å²) in [7, 11) is 2.20. The maximum Gasteiger partial charge on any atom is 0.0829 e. The van der Waals surface area contributed by atoms with Crippen LogP contribution in [0, 0.1) is 5.92 Å². The molecule has 0 radical (unpaired) electrons. The summed E-state index contributed by atoms with van der Waals surface area (Å²) in [4.78, 5) is 5.00. The highest BCUT2D eigenvalue weighted by Gasteiger charge is 2.27. The second-order valence-electron chi connectivity index (χ2n) is 6.26. The highest BCUT2D eigenvalue weighted by molar-refractivity contribution is 4.82. The molecule has 0 aliphatic carbocycles. The van der Waals surface area contributed by atoms with E-state index in [1.54, 1.807) is 0 Å². The topological polar surface area (TPSA) is 27.7 Å². The van der Waals surface area contributed by atoms with E-state index in [-0.39, 0.29) is 0 Å². The minimum absolute atomic E-state index is 0.409. The van der Waals surface area contributed by atoms with E-state index >= 15 is 0 Å². The van der Waals surface area contributed by atoms with Gasteiger partial charge in [0, 0.05) is 32.2 Å². The summed E-state index contributed by atoms with van der Waals surface area (Å²) in [5, 5.41) is 3.58. The fourth-order valence-corrected chi connectivity index (χ4v) is 3.42. The van der Waals surface area contributed by atoms with Gasteiger partial charge in [0.1, 0.15) is 0 Å². The smallest absolute Gasteiger partial charge is 0.0829 e. The van der Waals surface area contributed by atoms with E-state index < -0.39 is 0 Å². The van der Waals surface area contributed by atoms with E-state index in [2.05, 4.69) is 36.0 Å². The molecule has 4 heteroatoms. The van der Waals surface area contributed by atoms with Gasteiger partial charge in [-0.05, 0) is 45.8 Å². The average Bonchev–Trinajstić information content (AvgIpc) is 2.39. The van der Waals surface area contributed by atoms with Gasteiger partial charge in [-0.1, -0.05) is 6.92 Å². The van der Waals surface area contributed by atoms with Gasteiger partial charge < -0.3 is 19.9 Å². The second kappa shape index (κ2) is 7.58. The lowest BCUT2D eigenvalue weighted by atomic mass is 9.91. The van der Waals surface area contributed by atoms with Crippen LogP contribution in [0.15, 0.2) is 0 Å². The second-order valence-corrected chi connectivity index (χ2v) is 6.26. The molecule has 2 saturated heterocycles. The average molecular weight is 269 g/mol. The van der Waals surface area contributed by atoms with Crippen LogP contribution in [0.5, 0.6) is 0 Å². The minimum Gasteiger partial charge on any atom is -0.374 e. The zero-order valence-corrected chi connectivity index (χ0v) is 12.9. The Labute approximate surface area is 118 Å². The zero-order valence-electron chi connectivity index (χ0n) is 12.9. The molecule has 3 atom stereocenters. The van der Waals surface area contributed by atoms with E-state index in [0.29, 0.717) is 12.1 Å². The normalized spacial score (nSPS) is 32.4. The molecule has 3 unspecified atom stereocenters. The lowest BCUT2D eigenvalue weighted by molar-refractivity contribution is -0.0412. The van der Waals surface area contributed by atoms with Gasteiger partial charge in [-0.3, -0.25) is 0 Å². The summed E-state index contributed by atoms with van der Waals surface area (Å²) >= 11 is 0. The van der Waals surface area contributed by atoms with Crippen molar-refractivity contribution >= 4 is 0 Å². The standard InChI is InChI=1S/C15H31N3O/c1-4-16-13(2)14-6-5-7-18(10-14)12-15-11-17(3)8-9-19-15/h13-16H,4-12H2,1-3H3. The molecular weight excluding hydrogens is 238 g/mol. The third-order valence-electron chi connectivity index (χ3n) is 4.58. The van der Waals surface area contributed by atoms with Crippen molar-refractivity contribution in [1.82, 2.24) is 15.1 Å². The van der Waals surface area contributed by atoms with Gasteiger partial charge in [0.25, 0.3) is 0 Å². The van der Waals surface area contributed by atoms with Crippen LogP contribution in [0.4, 0.5) is 0 Å². The van der Waals surface area contributed by atoms with Crippen molar-refractivity contribution in [3.8, 4) is 0 Å². The summed E-state index contributed by atoms with van der Waals surface area (Å²) < 4.78 is 5.90. The number of nitrogens with zero attached hydrogens (tertiary/aromatic N) is 2. The summed E-state index contributed by atoms with van der Waals surface area (Å²) in [6.07, 6.45) is 3.12. The molecule has 4 nitrogen and oxygen atoms in total. The van der Waals surface area contributed by atoms with Crippen molar-refractivity contribution < 1.29 is 4.74 Å². The monoisotopic (exact) mass is 269 g/mol. The van der Waals surface area contributed by atoms with Gasteiger partial charge in [-0.15, -0.1) is 0 Å². The molecule has 2 heterocycles. The molecule has 0 aromatic heterocycles. The third-order valence-corrected chi connectivity index (χ3v) is 4.58. The molecule has 0 spiro atoms. The Morgan fingerprint density at radius 1 is 1.32 bits per heavy atom. The van der Waals surface area contributed by atoms with Crippen LogP contribution < -0.4 is 5.32 Å². The van der Waals surface area contributed by atoms with Crippen molar-refractivity contribution in [3.05, 3.63) is 0 Å². The predicted octanol–water partition coefficient (Wildman–Crippen LogP) is 1.03. The van der Waals surface area contributed by atoms with Crippen LogP contribution in [0.25, 0.3) is 0 Å². The van der Waals surface area contributed by atoms with Crippen LogP contribution in [0.3, 0.4) is 0 Å². The van der Waals surface area contributed by atoms with E-state index in [1.807, 2.05) is 0 Å². The molecule has 0 bridgehead atoms. The Morgan fingerprint density at radius 2 is 2.16 bits per heavy atom. The molecule has 0 saturated carbocycles. The van der Waals surface area contributed by atoms with Gasteiger partial charge in [-0.25, -0.2) is 0 Å². The lowest BCUT2D eigenvalue weighted by Gasteiger charge is -2.39. The number of likely N-dealkylation sites (N-methyl/N-ethyl adjacent to an activating group) is 1. The van der Waals surface area contributed by atoms with E-state index in [1.165, 1.54) is 25.9 Å². The van der Waals surface area contributed by atoms with Crippen LogP contribution in [0.1, 0.15) is 26.7 Å². The molecule has 0 aromatic carbocycles. The first-order chi connectivity index (χ1) is 9.19. The van der Waals surface area contributed by atoms with Crippen molar-refractivity contribution in [2.75, 3.05) is 52.9 Å². The highest BCUT2D eigenvalue weighted by Crippen LogP contribution is 2.20. The van der Waals surface area contributed by atoms with Gasteiger partial charge in [0.2, 0.25) is 0 Å². The first kappa shape index (κ1) is 15.2. The quantitative estimate of drug-likeness (QED) is 0.807. The Balaban J connectivity index is 1.77. The summed E-state index contributed by atoms with van der Waals surface area (Å²) in [6.45, 7) is 12.3. The molecule has 0 aromatic rings. The van der Waals surface area contributed by atoms with Crippen LogP contribution in [-0.4, -0.2) is 74.9 Å². The molecular formula is C15H31N3O. The van der Waals surface area contributed by atoms with Crippen molar-refractivity contribution in [2.24, 2.45) is 5.92 Å². The predicted molar refractivity (Wildman–Crippen MR) is 79.5 cm³/mol. The SMILES string of the molecule is CCNC(C)C1CCCN(CC2CN(C)CCO2)C1. The Kier molecular flexibility index (Phi) is 6.07. The third kappa shape index (κ3) is 4.71. The van der Waals surface area contributed by atoms with Crippen LogP contribution in [-0.2, 0) is 4.74 Å². The minimum atomic E-state index is 0.409. The molecule has 2 rings (SSSR count). The first-order valence-corrected chi connectivity index (χ1v) is 7.95. The lowest BCUT2D eigenvalue weighted by Crippen LogP contribution is -2.50. The molecule has 0 amide bonds. The first-order valence-electron chi connectivity index (χ1n) is 7.95. The zero-order chi connectivity index (χ0) is 13.7. The fraction of sp³-hybridized carbons (Fsp3) is 1.00. The number of likely N-dealkylation sites (tertiary alicyclic amines) is 1. The Bertz CT molecular complexity index is 262. The summed E-state index contributed by atoms with van der Waals surface area (Å²) in [5.74, 6) is 0.801. The maximum atomic E-state index is 5.90. The van der Waals surface area contributed by atoms with Crippen LogP contribution in [0.2, 0.25) is 0 Å². The number of ether oxygens (including phenoxy) is 1. The van der Waals surface area contributed by atoms with Crippen molar-refractivity contribution in [1.29, 1.82) is 0 Å². The molecule has 112 valence electrons. The van der Waals surface area contributed by atoms with E-state index in [4.69, 9.17) is 4.74 Å².